The predicted molar refractivity (Wildman–Crippen MR) is 159 cm³/mol. The highest BCUT2D eigenvalue weighted by atomic mass is 127. The number of fused-ring (bicyclic) bond motifs is 1. The van der Waals surface area contributed by atoms with E-state index in [1.165, 1.54) is 0 Å². The standard InChI is InChI=1S/C30H32INO5S/c1-5-35-27(33)18-22-13-9-10-14-25(22)36-19-20-15-23-17-26(37-29(23)24(31)16-20)28(21-11-7-6-8-12-21)32-38(34)30(2,3)4/h6-17,28,32H,5,18-19H2,1-4H3/t28-,38-/m1/s1. The van der Waals surface area contributed by atoms with E-state index < -0.39 is 16.1 Å². The van der Waals surface area contributed by atoms with E-state index in [4.69, 9.17) is 13.9 Å². The molecule has 0 amide bonds. The van der Waals surface area contributed by atoms with Gasteiger partial charge in [-0.1, -0.05) is 48.5 Å². The molecule has 2 atom stereocenters. The van der Waals surface area contributed by atoms with Crippen LogP contribution in [-0.4, -0.2) is 21.9 Å². The quantitative estimate of drug-likeness (QED) is 0.115. The highest BCUT2D eigenvalue weighted by Crippen LogP contribution is 2.33. The summed E-state index contributed by atoms with van der Waals surface area (Å²) in [4.78, 5) is 12.0. The Morgan fingerprint density at radius 3 is 2.50 bits per heavy atom. The van der Waals surface area contributed by atoms with Crippen molar-refractivity contribution in [3.8, 4) is 5.75 Å². The maximum atomic E-state index is 13.0. The van der Waals surface area contributed by atoms with E-state index in [0.717, 1.165) is 31.2 Å². The number of para-hydroxylation sites is 1. The van der Waals surface area contributed by atoms with Crippen LogP contribution in [0.4, 0.5) is 0 Å². The molecule has 200 valence electrons. The molecule has 1 N–H and O–H groups in total. The number of hydrogen-bond acceptors (Lipinski definition) is 6. The van der Waals surface area contributed by atoms with E-state index in [2.05, 4.69) is 27.3 Å². The molecule has 0 aliphatic heterocycles. The van der Waals surface area contributed by atoms with Gasteiger partial charge in [-0.05, 0) is 85.7 Å². The number of esters is 1. The molecule has 4 rings (SSSR count). The second kappa shape index (κ2) is 12.5. The van der Waals surface area contributed by atoms with E-state index in [1.54, 1.807) is 6.92 Å². The molecule has 1 heterocycles. The maximum Gasteiger partial charge on any atom is 0.310 e. The van der Waals surface area contributed by atoms with Gasteiger partial charge < -0.3 is 18.4 Å². The molecule has 0 spiro atoms. The third-order valence-electron chi connectivity index (χ3n) is 5.86. The fraction of sp³-hybridized carbons (Fsp3) is 0.300. The first kappa shape index (κ1) is 28.5. The highest BCUT2D eigenvalue weighted by Gasteiger charge is 2.32. The number of nitrogens with one attached hydrogen (secondary N) is 1. The minimum atomic E-state index is -1.30. The number of benzene rings is 3. The minimum Gasteiger partial charge on any atom is -0.598 e. The summed E-state index contributed by atoms with van der Waals surface area (Å²) in [5.41, 5.74) is 3.51. The first-order valence-corrected chi connectivity index (χ1v) is 14.7. The molecule has 4 aromatic rings. The molecule has 0 fully saturated rings. The van der Waals surface area contributed by atoms with E-state index >= 15 is 0 Å². The van der Waals surface area contributed by atoms with E-state index in [0.29, 0.717) is 24.7 Å². The second-order valence-corrected chi connectivity index (χ2v) is 13.0. The van der Waals surface area contributed by atoms with Crippen LogP contribution >= 0.6 is 22.6 Å². The van der Waals surface area contributed by atoms with Crippen molar-refractivity contribution in [1.82, 2.24) is 4.72 Å². The lowest BCUT2D eigenvalue weighted by molar-refractivity contribution is -0.142. The average molecular weight is 646 g/mol. The first-order valence-electron chi connectivity index (χ1n) is 12.5. The van der Waals surface area contributed by atoms with Crippen LogP contribution in [0.1, 0.15) is 56.2 Å². The van der Waals surface area contributed by atoms with Crippen molar-refractivity contribution in [3.63, 3.8) is 0 Å². The molecule has 0 aliphatic rings. The van der Waals surface area contributed by atoms with Gasteiger partial charge in [-0.15, -0.1) is 4.72 Å². The van der Waals surface area contributed by atoms with Gasteiger partial charge in [-0.2, -0.15) is 0 Å². The minimum absolute atomic E-state index is 0.162. The van der Waals surface area contributed by atoms with E-state index in [9.17, 15) is 9.35 Å². The molecular formula is C30H32INO5S. The molecule has 0 aliphatic carbocycles. The van der Waals surface area contributed by atoms with E-state index in [1.807, 2.05) is 93.6 Å². The fourth-order valence-corrected chi connectivity index (χ4v) is 5.59. The Hall–Kier alpha value is -2.53. The molecular weight excluding hydrogens is 613 g/mol. The van der Waals surface area contributed by atoms with Crippen LogP contribution in [0.15, 0.2) is 77.2 Å². The number of ether oxygens (including phenoxy) is 2. The molecule has 1 aromatic heterocycles. The van der Waals surface area contributed by atoms with E-state index in [-0.39, 0.29) is 18.4 Å². The normalized spacial score (nSPS) is 13.3. The lowest BCUT2D eigenvalue weighted by Crippen LogP contribution is -2.41. The third kappa shape index (κ3) is 7.11. The van der Waals surface area contributed by atoms with Gasteiger partial charge in [0.25, 0.3) is 0 Å². The first-order chi connectivity index (χ1) is 18.2. The summed E-state index contributed by atoms with van der Waals surface area (Å²) in [5.74, 6) is 1.07. The van der Waals surface area contributed by atoms with Crippen LogP contribution in [0.25, 0.3) is 11.0 Å². The molecule has 38 heavy (non-hydrogen) atoms. The summed E-state index contributed by atoms with van der Waals surface area (Å²) in [6.45, 7) is 8.30. The van der Waals surface area contributed by atoms with Gasteiger partial charge >= 0.3 is 5.97 Å². The van der Waals surface area contributed by atoms with Gasteiger partial charge in [0.2, 0.25) is 0 Å². The summed E-state index contributed by atoms with van der Waals surface area (Å²) in [6.07, 6.45) is 0.162. The Bertz CT molecular complexity index is 1380. The average Bonchev–Trinajstić information content (AvgIpc) is 3.31. The number of rotatable bonds is 10. The number of carbonyl (C=O) groups is 1. The Morgan fingerprint density at radius 2 is 1.79 bits per heavy atom. The summed E-state index contributed by atoms with van der Waals surface area (Å²) < 4.78 is 34.4. The maximum absolute atomic E-state index is 13.0. The predicted octanol–water partition coefficient (Wildman–Crippen LogP) is 6.86. The zero-order valence-electron chi connectivity index (χ0n) is 22.0. The van der Waals surface area contributed by atoms with Crippen LogP contribution in [0, 0.1) is 3.57 Å². The van der Waals surface area contributed by atoms with Crippen molar-refractivity contribution in [3.05, 3.63) is 98.8 Å². The topological polar surface area (TPSA) is 83.8 Å². The number of hydrogen-bond donors (Lipinski definition) is 1. The van der Waals surface area contributed by atoms with Crippen molar-refractivity contribution in [1.29, 1.82) is 0 Å². The molecule has 6 nitrogen and oxygen atoms in total. The van der Waals surface area contributed by atoms with Crippen molar-refractivity contribution >= 4 is 50.9 Å². The van der Waals surface area contributed by atoms with Crippen molar-refractivity contribution in [2.75, 3.05) is 6.61 Å². The molecule has 0 saturated carbocycles. The van der Waals surface area contributed by atoms with Crippen molar-refractivity contribution in [2.45, 2.75) is 51.5 Å². The van der Waals surface area contributed by atoms with Gasteiger partial charge in [-0.25, -0.2) is 0 Å². The fourth-order valence-electron chi connectivity index (χ4n) is 3.95. The Kier molecular flexibility index (Phi) is 9.40. The van der Waals surface area contributed by atoms with Gasteiger partial charge in [0.05, 0.1) is 16.6 Å². The lowest BCUT2D eigenvalue weighted by Gasteiger charge is -2.27. The van der Waals surface area contributed by atoms with Crippen LogP contribution in [0.2, 0.25) is 0 Å². The monoisotopic (exact) mass is 645 g/mol. The van der Waals surface area contributed by atoms with Gasteiger partial charge in [0.15, 0.2) is 0 Å². The van der Waals surface area contributed by atoms with Crippen molar-refractivity contribution in [2.24, 2.45) is 0 Å². The summed E-state index contributed by atoms with van der Waals surface area (Å²) in [5, 5.41) is 0.939. The van der Waals surface area contributed by atoms with Crippen LogP contribution in [0.5, 0.6) is 5.75 Å². The number of carbonyl (C=O) groups excluding carboxylic acids is 1. The molecule has 8 heteroatoms. The van der Waals surface area contributed by atoms with Gasteiger partial charge in [0.1, 0.15) is 34.5 Å². The number of halogens is 1. The van der Waals surface area contributed by atoms with Gasteiger partial charge in [-0.3, -0.25) is 4.79 Å². The Morgan fingerprint density at radius 1 is 1.08 bits per heavy atom. The zero-order valence-corrected chi connectivity index (χ0v) is 24.9. The summed E-state index contributed by atoms with van der Waals surface area (Å²) in [6, 6.07) is 23.1. The summed E-state index contributed by atoms with van der Waals surface area (Å²) >= 11 is 0.972. The number of furan rings is 1. The zero-order chi connectivity index (χ0) is 27.3. The summed E-state index contributed by atoms with van der Waals surface area (Å²) in [7, 11) is 0. The Labute approximate surface area is 240 Å². The highest BCUT2D eigenvalue weighted by molar-refractivity contribution is 14.1. The van der Waals surface area contributed by atoms with Crippen molar-refractivity contribution < 1.29 is 23.2 Å². The molecule has 0 unspecified atom stereocenters. The molecule has 0 radical (unpaired) electrons. The third-order valence-corrected chi connectivity index (χ3v) is 8.22. The molecule has 0 bridgehead atoms. The smallest absolute Gasteiger partial charge is 0.310 e. The van der Waals surface area contributed by atoms with Crippen LogP contribution < -0.4 is 9.46 Å². The van der Waals surface area contributed by atoms with Gasteiger partial charge in [0, 0.05) is 22.3 Å². The molecule has 0 saturated heterocycles. The van der Waals surface area contributed by atoms with Crippen LogP contribution in [-0.2, 0) is 33.9 Å². The Balaban J connectivity index is 1.59. The lowest BCUT2D eigenvalue weighted by atomic mass is 10.1. The molecule has 3 aromatic carbocycles. The SMILES string of the molecule is CCOC(=O)Cc1ccccc1OCc1cc(I)c2oc([C@H](N[S@+]([O-])C(C)(C)C)c3ccccc3)cc2c1. The van der Waals surface area contributed by atoms with Crippen LogP contribution in [0.3, 0.4) is 0 Å². The largest absolute Gasteiger partial charge is 0.598 e. The second-order valence-electron chi connectivity index (χ2n) is 9.87.